The number of rotatable bonds is 9. The van der Waals surface area contributed by atoms with Crippen molar-refractivity contribution in [3.8, 4) is 0 Å². The van der Waals surface area contributed by atoms with Crippen LogP contribution in [0.5, 0.6) is 0 Å². The summed E-state index contributed by atoms with van der Waals surface area (Å²) in [6.07, 6.45) is 19.9. The van der Waals surface area contributed by atoms with Crippen LogP contribution in [0.4, 0.5) is 0 Å². The topological polar surface area (TPSA) is 38.7 Å². The van der Waals surface area contributed by atoms with Gasteiger partial charge in [-0.25, -0.2) is 0 Å². The average molecular weight is 641 g/mol. The molecule has 4 rings (SSSR count). The molecular weight excluding hydrogens is 573 g/mol. The van der Waals surface area contributed by atoms with Gasteiger partial charge >= 0.3 is 0 Å². The summed E-state index contributed by atoms with van der Waals surface area (Å²) in [5.74, 6) is 2.35. The van der Waals surface area contributed by atoms with Crippen LogP contribution in [-0.4, -0.2) is 40.1 Å². The SMILES string of the molecule is C=C1C(=C/C=C2\CCC[C@]3(C)[C@@H]([C@@H](C)/C=C/[C@@H](O)C4CC4)CC[C@@H]23)C[C@@H](O[Si](C)(C)C(C)(C)C)C[C@@H]1O[Si](C)(C)C(C)(C)C. The summed E-state index contributed by atoms with van der Waals surface area (Å²) in [5, 5.41) is 10.8. The molecule has 44 heavy (non-hydrogen) atoms. The van der Waals surface area contributed by atoms with E-state index >= 15 is 0 Å². The molecule has 0 aromatic rings. The standard InChI is InChI=1S/C39H68O3Si2/c1-27(16-23-35(40)30-18-19-30)33-21-22-34-29(15-14-24-39(33,34)9)17-20-31-25-32(41-43(10,11)37(3,4)5)26-36(28(31)2)42-44(12,13)38(6,7)8/h16-17,20,23,27,30,32-36,40H,2,14-15,18-19,21-22,24-26H2,1,3-13H3/b23-16+,29-17+,31-20?/t27-,32+,33+,34-,35+,36-,39+/m0/s1. The van der Waals surface area contributed by atoms with Gasteiger partial charge < -0.3 is 14.0 Å². The molecule has 0 saturated heterocycles. The van der Waals surface area contributed by atoms with Crippen molar-refractivity contribution in [2.45, 2.75) is 168 Å². The molecule has 4 saturated carbocycles. The van der Waals surface area contributed by atoms with E-state index in [0.717, 1.165) is 12.8 Å². The Morgan fingerprint density at radius 2 is 1.52 bits per heavy atom. The maximum absolute atomic E-state index is 10.5. The van der Waals surface area contributed by atoms with Crippen molar-refractivity contribution in [3.63, 3.8) is 0 Å². The van der Waals surface area contributed by atoms with Gasteiger partial charge in [-0.05, 0) is 128 Å². The van der Waals surface area contributed by atoms with Crippen LogP contribution in [-0.2, 0) is 8.85 Å². The van der Waals surface area contributed by atoms with Crippen LogP contribution >= 0.6 is 0 Å². The van der Waals surface area contributed by atoms with Crippen molar-refractivity contribution in [3.05, 3.63) is 47.6 Å². The number of allylic oxidation sites excluding steroid dienone is 4. The van der Waals surface area contributed by atoms with Crippen LogP contribution in [0.2, 0.25) is 36.3 Å². The number of aliphatic hydroxyl groups excluding tert-OH is 1. The summed E-state index contributed by atoms with van der Waals surface area (Å²) >= 11 is 0. The van der Waals surface area contributed by atoms with E-state index in [4.69, 9.17) is 8.85 Å². The Morgan fingerprint density at radius 1 is 0.909 bits per heavy atom. The van der Waals surface area contributed by atoms with E-state index in [1.165, 1.54) is 56.1 Å². The van der Waals surface area contributed by atoms with Gasteiger partial charge in [0.2, 0.25) is 0 Å². The predicted molar refractivity (Wildman–Crippen MR) is 194 cm³/mol. The van der Waals surface area contributed by atoms with E-state index in [-0.39, 0.29) is 28.4 Å². The smallest absolute Gasteiger partial charge is 0.192 e. The van der Waals surface area contributed by atoms with Crippen molar-refractivity contribution in [2.24, 2.45) is 29.1 Å². The quantitative estimate of drug-likeness (QED) is 0.201. The Labute approximate surface area is 274 Å². The van der Waals surface area contributed by atoms with E-state index in [0.29, 0.717) is 29.1 Å². The molecule has 7 atom stereocenters. The highest BCUT2D eigenvalue weighted by atomic mass is 28.4. The van der Waals surface area contributed by atoms with Gasteiger partial charge in [-0.1, -0.05) is 91.8 Å². The fraction of sp³-hybridized carbons (Fsp3) is 0.795. The molecule has 0 amide bonds. The van der Waals surface area contributed by atoms with Gasteiger partial charge in [0.25, 0.3) is 0 Å². The summed E-state index contributed by atoms with van der Waals surface area (Å²) in [4.78, 5) is 0. The first-order chi connectivity index (χ1) is 20.2. The summed E-state index contributed by atoms with van der Waals surface area (Å²) in [6, 6.07) is 0. The lowest BCUT2D eigenvalue weighted by atomic mass is 9.61. The van der Waals surface area contributed by atoms with Crippen molar-refractivity contribution in [1.82, 2.24) is 0 Å². The van der Waals surface area contributed by atoms with Crippen molar-refractivity contribution < 1.29 is 14.0 Å². The lowest BCUT2D eigenvalue weighted by Crippen LogP contribution is -2.49. The molecule has 0 aliphatic heterocycles. The second-order valence-electron chi connectivity index (χ2n) is 18.4. The Hall–Kier alpha value is -0.726. The molecule has 3 nitrogen and oxygen atoms in total. The number of aliphatic hydroxyl groups is 1. The van der Waals surface area contributed by atoms with Gasteiger partial charge in [-0.15, -0.1) is 0 Å². The number of hydrogen-bond donors (Lipinski definition) is 1. The molecule has 4 fully saturated rings. The van der Waals surface area contributed by atoms with Gasteiger partial charge in [-0.2, -0.15) is 0 Å². The normalized spacial score (nSPS) is 34.2. The maximum Gasteiger partial charge on any atom is 0.192 e. The van der Waals surface area contributed by atoms with E-state index in [9.17, 15) is 5.11 Å². The summed E-state index contributed by atoms with van der Waals surface area (Å²) in [5.41, 5.74) is 4.49. The second-order valence-corrected chi connectivity index (χ2v) is 27.9. The maximum atomic E-state index is 10.5. The Bertz CT molecular complexity index is 1130. The number of fused-ring (bicyclic) bond motifs is 1. The van der Waals surface area contributed by atoms with Crippen LogP contribution in [0, 0.1) is 29.1 Å². The van der Waals surface area contributed by atoms with Crippen LogP contribution in [0.1, 0.15) is 113 Å². The minimum atomic E-state index is -1.98. The fourth-order valence-corrected chi connectivity index (χ4v) is 10.6. The van der Waals surface area contributed by atoms with Crippen molar-refractivity contribution in [2.75, 3.05) is 0 Å². The molecule has 4 aliphatic carbocycles. The Balaban J connectivity index is 1.57. The predicted octanol–water partition coefficient (Wildman–Crippen LogP) is 11.1. The lowest BCUT2D eigenvalue weighted by molar-refractivity contribution is 0.0969. The van der Waals surface area contributed by atoms with Crippen LogP contribution < -0.4 is 0 Å². The first-order valence-corrected chi connectivity index (χ1v) is 23.8. The Morgan fingerprint density at radius 3 is 2.11 bits per heavy atom. The van der Waals surface area contributed by atoms with Crippen LogP contribution in [0.25, 0.3) is 0 Å². The first-order valence-electron chi connectivity index (χ1n) is 18.0. The zero-order valence-corrected chi connectivity index (χ0v) is 32.7. The molecule has 250 valence electrons. The fourth-order valence-electron chi connectivity index (χ4n) is 7.93. The molecule has 0 bridgehead atoms. The molecule has 0 spiro atoms. The highest BCUT2D eigenvalue weighted by molar-refractivity contribution is 6.74. The largest absolute Gasteiger partial charge is 0.413 e. The lowest BCUT2D eigenvalue weighted by Gasteiger charge is -2.45. The van der Waals surface area contributed by atoms with Gasteiger partial charge in [-0.3, -0.25) is 0 Å². The zero-order valence-electron chi connectivity index (χ0n) is 30.7. The molecular formula is C39H68O3Si2. The van der Waals surface area contributed by atoms with Crippen LogP contribution in [0.15, 0.2) is 47.6 Å². The molecule has 5 heteroatoms. The number of hydrogen-bond acceptors (Lipinski definition) is 3. The first kappa shape index (κ1) is 36.1. The van der Waals surface area contributed by atoms with E-state index in [2.05, 4.69) is 112 Å². The molecule has 0 unspecified atom stereocenters. The molecule has 0 aromatic carbocycles. The third kappa shape index (κ3) is 7.86. The molecule has 0 heterocycles. The molecule has 4 aliphatic rings. The van der Waals surface area contributed by atoms with Gasteiger partial charge in [0.1, 0.15) is 0 Å². The van der Waals surface area contributed by atoms with Gasteiger partial charge in [0.15, 0.2) is 16.6 Å². The van der Waals surface area contributed by atoms with Crippen molar-refractivity contribution in [1.29, 1.82) is 0 Å². The average Bonchev–Trinajstić information content (AvgIpc) is 3.68. The summed E-state index contributed by atoms with van der Waals surface area (Å²) in [7, 11) is -3.90. The van der Waals surface area contributed by atoms with Crippen LogP contribution in [0.3, 0.4) is 0 Å². The second kappa shape index (κ2) is 13.1. The third-order valence-electron chi connectivity index (χ3n) is 13.1. The Kier molecular flexibility index (Phi) is 10.7. The minimum absolute atomic E-state index is 0.0233. The molecule has 0 aromatic heterocycles. The summed E-state index contributed by atoms with van der Waals surface area (Å²) < 4.78 is 14.2. The minimum Gasteiger partial charge on any atom is -0.413 e. The van der Waals surface area contributed by atoms with E-state index < -0.39 is 16.6 Å². The van der Waals surface area contributed by atoms with Crippen molar-refractivity contribution >= 4 is 16.6 Å². The highest BCUT2D eigenvalue weighted by Crippen LogP contribution is 2.59. The van der Waals surface area contributed by atoms with Gasteiger partial charge in [0.05, 0.1) is 18.3 Å². The van der Waals surface area contributed by atoms with Gasteiger partial charge in [0, 0.05) is 6.42 Å². The van der Waals surface area contributed by atoms with E-state index in [1.807, 2.05) is 0 Å². The zero-order chi connectivity index (χ0) is 32.9. The summed E-state index contributed by atoms with van der Waals surface area (Å²) in [6.45, 7) is 33.2. The monoisotopic (exact) mass is 640 g/mol. The molecule has 1 N–H and O–H groups in total. The molecule has 0 radical (unpaired) electrons. The third-order valence-corrected chi connectivity index (χ3v) is 22.1. The highest BCUT2D eigenvalue weighted by Gasteiger charge is 2.50. The van der Waals surface area contributed by atoms with E-state index in [1.54, 1.807) is 5.57 Å².